The van der Waals surface area contributed by atoms with Gasteiger partial charge in [0.15, 0.2) is 5.78 Å². The summed E-state index contributed by atoms with van der Waals surface area (Å²) < 4.78 is 0. The van der Waals surface area contributed by atoms with E-state index in [1.54, 1.807) is 18.9 Å². The van der Waals surface area contributed by atoms with Crippen LogP contribution in [0.3, 0.4) is 0 Å². The van der Waals surface area contributed by atoms with Crippen LogP contribution in [0, 0.1) is 5.92 Å². The van der Waals surface area contributed by atoms with Crippen molar-refractivity contribution in [3.05, 3.63) is 96.1 Å². The predicted octanol–water partition coefficient (Wildman–Crippen LogP) is 4.17. The third-order valence-corrected chi connectivity index (χ3v) is 10.1. The van der Waals surface area contributed by atoms with Crippen LogP contribution in [-0.4, -0.2) is 75.9 Å². The molecule has 3 aromatic rings. The molecule has 0 aromatic heterocycles. The van der Waals surface area contributed by atoms with E-state index in [1.165, 1.54) is 11.0 Å². The van der Waals surface area contributed by atoms with Crippen molar-refractivity contribution in [3.8, 4) is 0 Å². The average molecular weight is 625 g/mol. The fourth-order valence-corrected chi connectivity index (χ4v) is 6.74. The Morgan fingerprint density at radius 1 is 0.978 bits per heavy atom. The first-order chi connectivity index (χ1) is 22.0. The number of hydrogen-bond donors (Lipinski definition) is 3. The van der Waals surface area contributed by atoms with Crippen LogP contribution < -0.4 is 11.5 Å². The van der Waals surface area contributed by atoms with Gasteiger partial charge in [0, 0.05) is 32.1 Å². The zero-order valence-corrected chi connectivity index (χ0v) is 27.1. The first-order valence-electron chi connectivity index (χ1n) is 16.5. The molecule has 244 valence electrons. The molecule has 1 saturated heterocycles. The molecular weight excluding hydrogens is 576 g/mol. The SMILES string of the molecule is CN(C(=O)/C=C/CC1(N)CCC1)[C@H](Cc1ccc2ccccc2c1)C(=O)C(C)(N)[C@H](Cc1ccccc1)C(=O)N1CCC(O)CC1. The van der Waals surface area contributed by atoms with E-state index >= 15 is 0 Å². The van der Waals surface area contributed by atoms with E-state index in [1.807, 2.05) is 78.9 Å². The van der Waals surface area contributed by atoms with Gasteiger partial charge in [-0.25, -0.2) is 0 Å². The van der Waals surface area contributed by atoms with Crippen molar-refractivity contribution in [1.82, 2.24) is 9.80 Å². The van der Waals surface area contributed by atoms with Gasteiger partial charge < -0.3 is 26.4 Å². The maximum atomic E-state index is 14.8. The van der Waals surface area contributed by atoms with E-state index in [4.69, 9.17) is 11.5 Å². The predicted molar refractivity (Wildman–Crippen MR) is 182 cm³/mol. The number of aliphatic hydroxyl groups is 1. The standard InChI is InChI=1S/C38H48N4O4/c1-37(39,32(25-27-10-4-3-5-11-27)36(46)42-22-17-31(43)18-23-42)35(45)33(26-28-15-16-29-12-6-7-13-30(29)24-28)41(2)34(44)14-8-19-38(40)20-9-21-38/h3-8,10-16,24,31-33,43H,9,17-23,25-26,39-40H2,1-2H3/b14-8+/t32-,33-,37?/m1/s1. The molecule has 1 unspecified atom stereocenters. The lowest BCUT2D eigenvalue weighted by molar-refractivity contribution is -0.146. The summed E-state index contributed by atoms with van der Waals surface area (Å²) in [5.74, 6) is -1.76. The molecule has 0 radical (unpaired) electrons. The van der Waals surface area contributed by atoms with Gasteiger partial charge in [0.1, 0.15) is 0 Å². The van der Waals surface area contributed by atoms with E-state index in [0.29, 0.717) is 32.4 Å². The minimum absolute atomic E-state index is 0.207. The molecule has 1 aliphatic heterocycles. The van der Waals surface area contributed by atoms with Gasteiger partial charge >= 0.3 is 0 Å². The Morgan fingerprint density at radius 3 is 2.28 bits per heavy atom. The van der Waals surface area contributed by atoms with Crippen molar-refractivity contribution in [2.45, 2.75) is 81.5 Å². The topological polar surface area (TPSA) is 130 Å². The van der Waals surface area contributed by atoms with Crippen molar-refractivity contribution in [2.75, 3.05) is 20.1 Å². The largest absolute Gasteiger partial charge is 0.393 e. The van der Waals surface area contributed by atoms with Crippen LogP contribution in [0.5, 0.6) is 0 Å². The number of fused-ring (bicyclic) bond motifs is 1. The third-order valence-electron chi connectivity index (χ3n) is 10.1. The highest BCUT2D eigenvalue weighted by Crippen LogP contribution is 2.33. The van der Waals surface area contributed by atoms with Gasteiger partial charge in [0.25, 0.3) is 0 Å². The van der Waals surface area contributed by atoms with E-state index in [-0.39, 0.29) is 36.0 Å². The van der Waals surface area contributed by atoms with Crippen LogP contribution in [0.25, 0.3) is 10.8 Å². The monoisotopic (exact) mass is 624 g/mol. The number of likely N-dealkylation sites (tertiary alicyclic amines) is 1. The fourth-order valence-electron chi connectivity index (χ4n) is 6.74. The third kappa shape index (κ3) is 7.74. The van der Waals surface area contributed by atoms with E-state index < -0.39 is 23.6 Å². The summed E-state index contributed by atoms with van der Waals surface area (Å²) in [6.45, 7) is 2.44. The van der Waals surface area contributed by atoms with Crippen LogP contribution in [0.1, 0.15) is 56.6 Å². The summed E-state index contributed by atoms with van der Waals surface area (Å²) in [7, 11) is 1.63. The van der Waals surface area contributed by atoms with Gasteiger partial charge in [0.2, 0.25) is 11.8 Å². The zero-order chi connectivity index (χ0) is 32.9. The molecule has 3 atom stereocenters. The Labute approximate surface area is 272 Å². The van der Waals surface area contributed by atoms with Crippen molar-refractivity contribution >= 4 is 28.4 Å². The van der Waals surface area contributed by atoms with Crippen LogP contribution in [0.4, 0.5) is 0 Å². The molecule has 46 heavy (non-hydrogen) atoms. The zero-order valence-electron chi connectivity index (χ0n) is 27.1. The number of rotatable bonds is 12. The second-order valence-electron chi connectivity index (χ2n) is 13.6. The number of ketones is 1. The van der Waals surface area contributed by atoms with Gasteiger partial charge in [0.05, 0.1) is 23.6 Å². The van der Waals surface area contributed by atoms with Gasteiger partial charge in [-0.1, -0.05) is 78.9 Å². The Morgan fingerprint density at radius 2 is 1.63 bits per heavy atom. The number of likely N-dealkylation sites (N-methyl/N-ethyl adjacent to an activating group) is 1. The molecular formula is C38H48N4O4. The first kappa shape index (κ1) is 33.5. The molecule has 0 bridgehead atoms. The molecule has 3 aromatic carbocycles. The summed E-state index contributed by atoms with van der Waals surface area (Å²) in [6, 6.07) is 22.7. The number of carbonyl (C=O) groups is 3. The smallest absolute Gasteiger partial charge is 0.246 e. The lowest BCUT2D eigenvalue weighted by atomic mass is 9.74. The minimum atomic E-state index is -1.60. The van der Waals surface area contributed by atoms with Crippen LogP contribution in [0.15, 0.2) is 84.9 Å². The first-order valence-corrected chi connectivity index (χ1v) is 16.5. The number of piperidine rings is 1. The van der Waals surface area contributed by atoms with E-state index in [9.17, 15) is 19.5 Å². The number of aliphatic hydroxyl groups excluding tert-OH is 1. The molecule has 2 fully saturated rings. The Balaban J connectivity index is 1.46. The number of carbonyl (C=O) groups excluding carboxylic acids is 3. The van der Waals surface area contributed by atoms with Crippen molar-refractivity contribution in [1.29, 1.82) is 0 Å². The lowest BCUT2D eigenvalue weighted by Crippen LogP contribution is -2.63. The maximum Gasteiger partial charge on any atom is 0.246 e. The van der Waals surface area contributed by atoms with Crippen LogP contribution >= 0.6 is 0 Å². The number of Topliss-reactive ketones (excluding diaryl/α,β-unsaturated/α-hetero) is 1. The van der Waals surface area contributed by atoms with Crippen LogP contribution in [-0.2, 0) is 27.2 Å². The molecule has 8 nitrogen and oxygen atoms in total. The highest BCUT2D eigenvalue weighted by Gasteiger charge is 2.47. The Hall–Kier alpha value is -3.85. The fraction of sp³-hybridized carbons (Fsp3) is 0.447. The Kier molecular flexibility index (Phi) is 10.4. The number of benzene rings is 3. The molecule has 5 N–H and O–H groups in total. The molecule has 1 heterocycles. The minimum Gasteiger partial charge on any atom is -0.393 e. The number of nitrogens with zero attached hydrogens (tertiary/aromatic N) is 2. The molecule has 8 heteroatoms. The summed E-state index contributed by atoms with van der Waals surface area (Å²) in [4.78, 5) is 45.7. The molecule has 1 aliphatic carbocycles. The summed E-state index contributed by atoms with van der Waals surface area (Å²) >= 11 is 0. The van der Waals surface area contributed by atoms with Crippen LogP contribution in [0.2, 0.25) is 0 Å². The number of amides is 2. The van der Waals surface area contributed by atoms with Crippen molar-refractivity contribution in [3.63, 3.8) is 0 Å². The summed E-state index contributed by atoms with van der Waals surface area (Å²) in [5.41, 5.74) is 13.3. The molecule has 5 rings (SSSR count). The molecule has 2 aliphatic rings. The molecule has 2 amide bonds. The second kappa shape index (κ2) is 14.3. The average Bonchev–Trinajstić information content (AvgIpc) is 3.05. The number of nitrogens with two attached hydrogens (primary N) is 2. The lowest BCUT2D eigenvalue weighted by Gasteiger charge is -2.40. The maximum absolute atomic E-state index is 14.8. The number of hydrogen-bond acceptors (Lipinski definition) is 6. The van der Waals surface area contributed by atoms with Crippen molar-refractivity contribution in [2.24, 2.45) is 17.4 Å². The molecule has 1 saturated carbocycles. The Bertz CT molecular complexity index is 1560. The van der Waals surface area contributed by atoms with Gasteiger partial charge in [-0.05, 0) is 79.8 Å². The van der Waals surface area contributed by atoms with E-state index in [2.05, 4.69) is 0 Å². The highest BCUT2D eigenvalue weighted by atomic mass is 16.3. The van der Waals surface area contributed by atoms with Gasteiger partial charge in [-0.15, -0.1) is 0 Å². The normalized spacial score (nSPS) is 19.3. The quantitative estimate of drug-likeness (QED) is 0.260. The highest BCUT2D eigenvalue weighted by molar-refractivity contribution is 6.01. The van der Waals surface area contributed by atoms with Gasteiger partial charge in [-0.3, -0.25) is 14.4 Å². The van der Waals surface area contributed by atoms with Crippen molar-refractivity contribution < 1.29 is 19.5 Å². The van der Waals surface area contributed by atoms with Gasteiger partial charge in [-0.2, -0.15) is 0 Å². The second-order valence-corrected chi connectivity index (χ2v) is 13.6. The summed E-state index contributed by atoms with van der Waals surface area (Å²) in [6.07, 6.45) is 7.92. The van der Waals surface area contributed by atoms with E-state index in [0.717, 1.165) is 41.2 Å². The molecule has 0 spiro atoms. The summed E-state index contributed by atoms with van der Waals surface area (Å²) in [5, 5.41) is 12.2.